The molecule has 1 saturated heterocycles. The van der Waals surface area contributed by atoms with Crippen molar-refractivity contribution in [2.75, 3.05) is 13.1 Å². The first-order chi connectivity index (χ1) is 15.2. The van der Waals surface area contributed by atoms with Crippen molar-refractivity contribution in [2.24, 2.45) is 0 Å². The summed E-state index contributed by atoms with van der Waals surface area (Å²) >= 11 is 1.58. The van der Waals surface area contributed by atoms with E-state index < -0.39 is 24.1 Å². The third-order valence-electron chi connectivity index (χ3n) is 5.60. The Hall–Kier alpha value is -1.73. The van der Waals surface area contributed by atoms with Crippen LogP contribution in [-0.2, 0) is 20.9 Å². The van der Waals surface area contributed by atoms with Crippen LogP contribution in [0.1, 0.15) is 24.6 Å². The van der Waals surface area contributed by atoms with E-state index in [0.717, 1.165) is 21.7 Å². The summed E-state index contributed by atoms with van der Waals surface area (Å²) in [4.78, 5) is 45.4. The largest absolute Gasteiger partial charge is 2.00 e. The molecular formula is C23H28N4O4SU. The van der Waals surface area contributed by atoms with Gasteiger partial charge in [-0.3, -0.25) is 14.4 Å². The van der Waals surface area contributed by atoms with Crippen LogP contribution in [0.4, 0.5) is 0 Å². The molecule has 1 aromatic carbocycles. The van der Waals surface area contributed by atoms with Crippen LogP contribution in [-0.4, -0.2) is 68.9 Å². The summed E-state index contributed by atoms with van der Waals surface area (Å²) in [5.41, 5.74) is 4.77. The minimum atomic E-state index is -1.01. The van der Waals surface area contributed by atoms with Gasteiger partial charge in [-0.05, 0) is 24.1 Å². The Morgan fingerprint density at radius 3 is 2.55 bits per heavy atom. The number of rotatable bonds is 7. The van der Waals surface area contributed by atoms with Gasteiger partial charge in [0.2, 0.25) is 17.7 Å². The maximum absolute atomic E-state index is 12.9. The monoisotopic (exact) mass is 694 g/mol. The molecule has 0 unspecified atom stereocenters. The molecule has 0 aliphatic carbocycles. The Labute approximate surface area is 222 Å². The minimum absolute atomic E-state index is 0. The maximum atomic E-state index is 12.9. The number of aliphatic hydroxyl groups is 1. The summed E-state index contributed by atoms with van der Waals surface area (Å²) in [7, 11) is 0. The van der Waals surface area contributed by atoms with Gasteiger partial charge >= 0.3 is 31.1 Å². The smallest absolute Gasteiger partial charge is 0.391 e. The number of carbonyl (C=O) groups is 3. The van der Waals surface area contributed by atoms with Crippen LogP contribution >= 0.6 is 11.3 Å². The van der Waals surface area contributed by atoms with Gasteiger partial charge in [-0.1, -0.05) is 24.3 Å². The van der Waals surface area contributed by atoms with E-state index in [1.54, 1.807) is 11.3 Å². The molecule has 3 atom stereocenters. The Balaban J connectivity index is 0.00000385. The van der Waals surface area contributed by atoms with E-state index in [1.165, 1.54) is 16.7 Å². The average Bonchev–Trinajstić information content (AvgIpc) is 3.37. The molecule has 0 spiro atoms. The summed E-state index contributed by atoms with van der Waals surface area (Å²) in [5.74, 6) is -1.16. The van der Waals surface area contributed by atoms with Crippen molar-refractivity contribution in [1.29, 1.82) is 0 Å². The molecule has 3 rings (SSSR count). The third-order valence-corrected chi connectivity index (χ3v) is 6.58. The number of likely N-dealkylation sites (tertiary alicyclic amines) is 1. The number of nitrogens with zero attached hydrogens (tertiary/aromatic N) is 3. The van der Waals surface area contributed by atoms with Crippen LogP contribution in [0.5, 0.6) is 0 Å². The summed E-state index contributed by atoms with van der Waals surface area (Å²) in [6, 6.07) is 6.02. The van der Waals surface area contributed by atoms with Gasteiger partial charge < -0.3 is 34.1 Å². The van der Waals surface area contributed by atoms with Crippen LogP contribution in [0.15, 0.2) is 29.8 Å². The zero-order valence-corrected chi connectivity index (χ0v) is 23.8. The topological polar surface area (TPSA) is 103 Å². The van der Waals surface area contributed by atoms with Crippen LogP contribution in [0.25, 0.3) is 10.4 Å². The number of benzene rings is 1. The van der Waals surface area contributed by atoms with Crippen molar-refractivity contribution < 1.29 is 50.6 Å². The number of aromatic nitrogens is 1. The van der Waals surface area contributed by atoms with E-state index in [-0.39, 0.29) is 62.4 Å². The third kappa shape index (κ3) is 6.45. The van der Waals surface area contributed by atoms with Crippen LogP contribution < -0.4 is 5.32 Å². The molecule has 2 heterocycles. The Morgan fingerprint density at radius 1 is 1.33 bits per heavy atom. The predicted molar refractivity (Wildman–Crippen MR) is 122 cm³/mol. The molecular weight excluding hydrogens is 666 g/mol. The first-order valence-electron chi connectivity index (χ1n) is 10.4. The first-order valence-corrected chi connectivity index (χ1v) is 11.3. The molecule has 1 aromatic heterocycles. The summed E-state index contributed by atoms with van der Waals surface area (Å²) in [5, 5.41) is 12.9. The number of aliphatic hydroxyl groups excluding tert-OH is 1. The summed E-state index contributed by atoms with van der Waals surface area (Å²) in [6.45, 7) is 11.1. The number of hydrogen-bond acceptors (Lipinski definition) is 6. The van der Waals surface area contributed by atoms with Gasteiger partial charge in [-0.25, -0.2) is 4.98 Å². The Kier molecular flexibility index (Phi) is 10.1. The molecule has 0 radical (unpaired) electrons. The fourth-order valence-electron chi connectivity index (χ4n) is 3.82. The summed E-state index contributed by atoms with van der Waals surface area (Å²) < 4.78 is 0. The second-order valence-corrected chi connectivity index (χ2v) is 8.66. The van der Waals surface area contributed by atoms with Crippen LogP contribution in [0.3, 0.4) is 0 Å². The Morgan fingerprint density at radius 2 is 2.00 bits per heavy atom. The molecule has 0 saturated carbocycles. The number of hydrogen-bond donors (Lipinski definition) is 2. The van der Waals surface area contributed by atoms with Gasteiger partial charge in [0.15, 0.2) is 0 Å². The number of carbonyl (C=O) groups excluding carboxylic acids is 3. The quantitative estimate of drug-likeness (QED) is 0.429. The molecule has 2 N–H and O–H groups in total. The summed E-state index contributed by atoms with van der Waals surface area (Å²) in [6.07, 6.45) is -0.674. The van der Waals surface area contributed by atoms with Gasteiger partial charge in [0.25, 0.3) is 0 Å². The standard InChI is InChI=1S/C23H28N4O4S.U/c1-5-26(16(4)28)15(3)23(31)27-12-19(29)10-20(27)22(30)24-11-17-6-8-18(9-7-17)21-14(2)25-13-32-21;/h6-9,13,15,19-20,29H,1,3,5,10-12H2,2,4H3,(H,24,30);/q-2;+2/t15-,19+,20-;/m0./s1. The van der Waals surface area contributed by atoms with Crippen molar-refractivity contribution in [3.05, 3.63) is 54.9 Å². The number of nitrogens with one attached hydrogen (secondary N) is 1. The van der Waals surface area contributed by atoms with Gasteiger partial charge in [0.1, 0.15) is 6.04 Å². The zero-order valence-electron chi connectivity index (χ0n) is 18.8. The van der Waals surface area contributed by atoms with Crippen molar-refractivity contribution in [2.45, 2.75) is 45.0 Å². The molecule has 33 heavy (non-hydrogen) atoms. The van der Waals surface area contributed by atoms with E-state index in [2.05, 4.69) is 24.1 Å². The van der Waals surface area contributed by atoms with Crippen LogP contribution in [0, 0.1) is 51.9 Å². The number of β-amino-alcohol motifs (C(OH)–C–C–N with tert-alkyl or cyclic N) is 1. The van der Waals surface area contributed by atoms with E-state index >= 15 is 0 Å². The van der Waals surface area contributed by atoms with Crippen molar-refractivity contribution in [3.63, 3.8) is 0 Å². The molecule has 2 aromatic rings. The average molecular weight is 695 g/mol. The van der Waals surface area contributed by atoms with Crippen molar-refractivity contribution in [1.82, 2.24) is 20.1 Å². The molecule has 0 bridgehead atoms. The molecule has 1 aliphatic rings. The maximum Gasteiger partial charge on any atom is 2.00 e. The van der Waals surface area contributed by atoms with Crippen molar-refractivity contribution >= 4 is 29.1 Å². The molecule has 8 nitrogen and oxygen atoms in total. The molecule has 10 heteroatoms. The molecule has 3 amide bonds. The molecule has 174 valence electrons. The first kappa shape index (κ1) is 27.5. The van der Waals surface area contributed by atoms with E-state index in [9.17, 15) is 19.5 Å². The van der Waals surface area contributed by atoms with E-state index in [1.807, 2.05) is 36.7 Å². The second-order valence-electron chi connectivity index (χ2n) is 7.81. The number of thiazole rings is 1. The zero-order chi connectivity index (χ0) is 23.4. The predicted octanol–water partition coefficient (Wildman–Crippen LogP) is 1.58. The Bertz CT molecular complexity index is 981. The number of amides is 3. The van der Waals surface area contributed by atoms with E-state index in [4.69, 9.17) is 0 Å². The second kappa shape index (κ2) is 12.1. The molecule has 1 fully saturated rings. The minimum Gasteiger partial charge on any atom is -0.391 e. The van der Waals surface area contributed by atoms with Gasteiger partial charge in [0.05, 0.1) is 22.2 Å². The fourth-order valence-corrected chi connectivity index (χ4v) is 4.63. The fraction of sp³-hybridized carbons (Fsp3) is 0.391. The SMILES string of the molecule is [CH2-]CN(C(C)=O)[C@@H]([CH2-])C(=O)N1C[C@H](O)C[C@H]1C(=O)NCc1ccc(-c2scnc2C)cc1.[U+2]. The van der Waals surface area contributed by atoms with Crippen molar-refractivity contribution in [3.8, 4) is 10.4 Å². The number of aryl methyl sites for hydroxylation is 1. The van der Waals surface area contributed by atoms with Gasteiger partial charge in [-0.15, -0.1) is 17.9 Å². The van der Waals surface area contributed by atoms with E-state index in [0.29, 0.717) is 6.54 Å². The van der Waals surface area contributed by atoms with Gasteiger partial charge in [-0.2, -0.15) is 0 Å². The normalized spacial score (nSPS) is 18.4. The van der Waals surface area contributed by atoms with Crippen LogP contribution in [0.2, 0.25) is 0 Å². The van der Waals surface area contributed by atoms with Gasteiger partial charge in [0, 0.05) is 26.4 Å². The molecule has 1 aliphatic heterocycles.